The molecule has 0 spiro atoms. The molecule has 0 bridgehead atoms. The number of ketones is 1. The number of rotatable bonds is 3. The lowest BCUT2D eigenvalue weighted by molar-refractivity contribution is -0.138. The minimum Gasteiger partial charge on any atom is -0.327 e. The zero-order valence-corrected chi connectivity index (χ0v) is 14.8. The summed E-state index contributed by atoms with van der Waals surface area (Å²) in [6.45, 7) is 1.48. The van der Waals surface area contributed by atoms with E-state index in [0.29, 0.717) is 5.02 Å². The van der Waals surface area contributed by atoms with Gasteiger partial charge in [0.05, 0.1) is 11.6 Å². The molecular weight excluding hydrogens is 381 g/mol. The number of allylic oxidation sites excluding steroid dienone is 1. The third-order valence-electron chi connectivity index (χ3n) is 4.20. The van der Waals surface area contributed by atoms with Crippen LogP contribution in [-0.2, 0) is 6.18 Å². The summed E-state index contributed by atoms with van der Waals surface area (Å²) in [5, 5.41) is 5.31. The van der Waals surface area contributed by atoms with Gasteiger partial charge in [-0.2, -0.15) is 13.2 Å². The Labute approximate surface area is 158 Å². The Hall–Kier alpha value is -2.80. The van der Waals surface area contributed by atoms with Gasteiger partial charge in [0.1, 0.15) is 0 Å². The predicted molar refractivity (Wildman–Crippen MR) is 94.3 cm³/mol. The van der Waals surface area contributed by atoms with E-state index in [9.17, 15) is 22.8 Å². The molecule has 1 aliphatic rings. The van der Waals surface area contributed by atoms with E-state index in [2.05, 4.69) is 10.6 Å². The number of alkyl halides is 3. The zero-order chi connectivity index (χ0) is 19.8. The number of amides is 2. The number of halogens is 4. The van der Waals surface area contributed by atoms with Gasteiger partial charge in [-0.15, -0.1) is 0 Å². The Balaban J connectivity index is 2.14. The molecule has 0 fully saturated rings. The second kappa shape index (κ2) is 7.08. The van der Waals surface area contributed by atoms with Crippen molar-refractivity contribution in [1.82, 2.24) is 10.6 Å². The predicted octanol–water partition coefficient (Wildman–Crippen LogP) is 4.87. The summed E-state index contributed by atoms with van der Waals surface area (Å²) in [4.78, 5) is 24.9. The highest BCUT2D eigenvalue weighted by Gasteiger charge is 2.39. The Morgan fingerprint density at radius 2 is 1.70 bits per heavy atom. The van der Waals surface area contributed by atoms with Crippen molar-refractivity contribution in [2.75, 3.05) is 0 Å². The Morgan fingerprint density at radius 3 is 2.33 bits per heavy atom. The molecule has 0 saturated carbocycles. The number of carbonyl (C=O) groups is 2. The van der Waals surface area contributed by atoms with E-state index in [1.165, 1.54) is 49.4 Å². The molecule has 0 saturated heterocycles. The fourth-order valence-corrected chi connectivity index (χ4v) is 3.12. The first kappa shape index (κ1) is 19.0. The molecule has 140 valence electrons. The lowest BCUT2D eigenvalue weighted by Gasteiger charge is -2.30. The summed E-state index contributed by atoms with van der Waals surface area (Å²) in [5.41, 5.74) is -0.626. The van der Waals surface area contributed by atoms with Crippen molar-refractivity contribution in [3.05, 3.63) is 81.5 Å². The number of hydrogen-bond acceptors (Lipinski definition) is 2. The molecular formula is C19H14ClF3N2O2. The van der Waals surface area contributed by atoms with E-state index in [-0.39, 0.29) is 22.4 Å². The van der Waals surface area contributed by atoms with Crippen LogP contribution in [0.1, 0.15) is 34.5 Å². The Bertz CT molecular complexity index is 937. The topological polar surface area (TPSA) is 58.2 Å². The summed E-state index contributed by atoms with van der Waals surface area (Å²) >= 11 is 5.83. The molecule has 1 unspecified atom stereocenters. The molecule has 27 heavy (non-hydrogen) atoms. The monoisotopic (exact) mass is 394 g/mol. The van der Waals surface area contributed by atoms with Crippen LogP contribution in [0.2, 0.25) is 5.02 Å². The largest absolute Gasteiger partial charge is 0.416 e. The van der Waals surface area contributed by atoms with Crippen LogP contribution in [0, 0.1) is 0 Å². The molecule has 2 amide bonds. The van der Waals surface area contributed by atoms with Gasteiger partial charge in [-0.25, -0.2) is 4.79 Å². The van der Waals surface area contributed by atoms with E-state index < -0.39 is 29.6 Å². The van der Waals surface area contributed by atoms with E-state index in [4.69, 9.17) is 11.6 Å². The first-order chi connectivity index (χ1) is 12.7. The number of Topliss-reactive ketones (excluding diaryl/α,β-unsaturated/α-hetero) is 1. The fraction of sp³-hybridized carbons (Fsp3) is 0.158. The van der Waals surface area contributed by atoms with Crippen molar-refractivity contribution < 1.29 is 22.8 Å². The molecule has 0 aromatic heterocycles. The summed E-state index contributed by atoms with van der Waals surface area (Å²) in [6.07, 6.45) is -4.63. The van der Waals surface area contributed by atoms with Crippen LogP contribution in [0.3, 0.4) is 0 Å². The molecule has 1 atom stereocenters. The van der Waals surface area contributed by atoms with Crippen molar-refractivity contribution in [3.63, 3.8) is 0 Å². The quantitative estimate of drug-likeness (QED) is 0.730. The normalized spacial score (nSPS) is 17.4. The van der Waals surface area contributed by atoms with Gasteiger partial charge in [0.2, 0.25) is 0 Å². The van der Waals surface area contributed by atoms with Gasteiger partial charge in [0.25, 0.3) is 0 Å². The number of nitrogens with one attached hydrogen (secondary N) is 2. The van der Waals surface area contributed by atoms with Crippen LogP contribution in [0.15, 0.2) is 59.8 Å². The van der Waals surface area contributed by atoms with Gasteiger partial charge < -0.3 is 10.6 Å². The molecule has 2 N–H and O–H groups in total. The maximum absolute atomic E-state index is 13.4. The molecule has 2 aromatic rings. The van der Waals surface area contributed by atoms with Crippen LogP contribution in [-0.4, -0.2) is 11.8 Å². The molecule has 3 rings (SSSR count). The highest BCUT2D eigenvalue weighted by molar-refractivity contribution is 6.30. The van der Waals surface area contributed by atoms with E-state index in [1.54, 1.807) is 0 Å². The molecule has 0 radical (unpaired) electrons. The van der Waals surface area contributed by atoms with Crippen LogP contribution in [0.5, 0.6) is 0 Å². The van der Waals surface area contributed by atoms with Crippen molar-refractivity contribution in [2.45, 2.75) is 19.1 Å². The summed E-state index contributed by atoms with van der Waals surface area (Å²) in [6, 6.07) is 8.93. The Morgan fingerprint density at radius 1 is 1.07 bits per heavy atom. The molecule has 2 aromatic carbocycles. The van der Waals surface area contributed by atoms with Gasteiger partial charge in [-0.05, 0) is 42.8 Å². The lowest BCUT2D eigenvalue weighted by atomic mass is 9.87. The summed E-state index contributed by atoms with van der Waals surface area (Å²) in [7, 11) is 0. The second-order valence-electron chi connectivity index (χ2n) is 5.99. The molecule has 8 heteroatoms. The van der Waals surface area contributed by atoms with Crippen LogP contribution in [0.4, 0.5) is 18.0 Å². The lowest BCUT2D eigenvalue weighted by Crippen LogP contribution is -2.45. The molecule has 1 aliphatic heterocycles. The van der Waals surface area contributed by atoms with Gasteiger partial charge >= 0.3 is 12.2 Å². The zero-order valence-electron chi connectivity index (χ0n) is 14.0. The minimum atomic E-state index is -4.63. The van der Waals surface area contributed by atoms with Gasteiger partial charge in [-0.1, -0.05) is 29.8 Å². The van der Waals surface area contributed by atoms with Crippen molar-refractivity contribution in [1.29, 1.82) is 0 Å². The first-order valence-electron chi connectivity index (χ1n) is 7.93. The van der Waals surface area contributed by atoms with Crippen molar-refractivity contribution >= 4 is 23.4 Å². The number of benzene rings is 2. The maximum atomic E-state index is 13.4. The highest BCUT2D eigenvalue weighted by atomic mass is 35.5. The average Bonchev–Trinajstić information content (AvgIpc) is 2.60. The van der Waals surface area contributed by atoms with Crippen molar-refractivity contribution in [2.24, 2.45) is 0 Å². The molecule has 0 aliphatic carbocycles. The summed E-state index contributed by atoms with van der Waals surface area (Å²) in [5.74, 6) is -0.501. The van der Waals surface area contributed by atoms with E-state index in [1.807, 2.05) is 0 Å². The number of hydrogen-bond donors (Lipinski definition) is 2. The third-order valence-corrected chi connectivity index (χ3v) is 4.45. The van der Waals surface area contributed by atoms with Crippen LogP contribution < -0.4 is 10.6 Å². The van der Waals surface area contributed by atoms with Gasteiger partial charge in [-0.3, -0.25) is 4.79 Å². The maximum Gasteiger partial charge on any atom is 0.416 e. The fourth-order valence-electron chi connectivity index (χ4n) is 2.99. The number of urea groups is 1. The number of carbonyl (C=O) groups excluding carboxylic acids is 2. The van der Waals surface area contributed by atoms with Gasteiger partial charge in [0.15, 0.2) is 5.78 Å². The Kier molecular flexibility index (Phi) is 4.97. The average molecular weight is 395 g/mol. The van der Waals surface area contributed by atoms with Crippen LogP contribution in [0.25, 0.3) is 0 Å². The second-order valence-corrected chi connectivity index (χ2v) is 6.43. The molecule has 1 heterocycles. The third kappa shape index (κ3) is 3.83. The highest BCUT2D eigenvalue weighted by Crippen LogP contribution is 2.38. The van der Waals surface area contributed by atoms with Crippen LogP contribution >= 0.6 is 11.6 Å². The first-order valence-corrected chi connectivity index (χ1v) is 8.31. The standard InChI is InChI=1S/C19H14ClF3N2O2/c1-10-15(17(26)11-6-8-12(20)9-7-11)16(25-18(27)24-10)13-4-2-3-5-14(13)19(21,22)23/h2-9,16H,1H3,(H2,24,25,27). The SMILES string of the molecule is CC1=C(C(=O)c2ccc(Cl)cc2)C(c2ccccc2C(F)(F)F)NC(=O)N1. The molecule has 4 nitrogen and oxygen atoms in total. The van der Waals surface area contributed by atoms with E-state index >= 15 is 0 Å². The smallest absolute Gasteiger partial charge is 0.327 e. The van der Waals surface area contributed by atoms with E-state index in [0.717, 1.165) is 6.07 Å². The minimum absolute atomic E-state index is 0.0358. The summed E-state index contributed by atoms with van der Waals surface area (Å²) < 4.78 is 40.3. The van der Waals surface area contributed by atoms with Crippen molar-refractivity contribution in [3.8, 4) is 0 Å². The van der Waals surface area contributed by atoms with Gasteiger partial charge in [0, 0.05) is 21.9 Å².